The molecule has 0 saturated heterocycles. The van der Waals surface area contributed by atoms with Gasteiger partial charge in [-0.2, -0.15) is 0 Å². The van der Waals surface area contributed by atoms with Gasteiger partial charge in [-0.05, 0) is 42.8 Å². The Hall–Kier alpha value is -3.09. The second-order valence-corrected chi connectivity index (χ2v) is 10.8. The van der Waals surface area contributed by atoms with E-state index in [0.717, 1.165) is 16.8 Å². The van der Waals surface area contributed by atoms with Gasteiger partial charge in [0.15, 0.2) is 0 Å². The van der Waals surface area contributed by atoms with Crippen molar-refractivity contribution in [1.29, 1.82) is 0 Å². The van der Waals surface area contributed by atoms with E-state index in [2.05, 4.69) is 20.6 Å². The molecule has 2 aliphatic heterocycles. The van der Waals surface area contributed by atoms with Gasteiger partial charge >= 0.3 is 0 Å². The summed E-state index contributed by atoms with van der Waals surface area (Å²) in [4.78, 5) is 9.21. The number of hydrogen-bond acceptors (Lipinski definition) is 9. The van der Waals surface area contributed by atoms with Crippen LogP contribution in [0.2, 0.25) is 0 Å². The van der Waals surface area contributed by atoms with Gasteiger partial charge in [-0.3, -0.25) is 0 Å². The first kappa shape index (κ1) is 27.0. The molecule has 0 fully saturated rings. The van der Waals surface area contributed by atoms with Crippen LogP contribution in [0.1, 0.15) is 17.7 Å². The van der Waals surface area contributed by atoms with E-state index in [4.69, 9.17) is 15.2 Å². The fraction of sp³-hybridized carbons (Fsp3) is 0.385. The van der Waals surface area contributed by atoms with Crippen molar-refractivity contribution >= 4 is 21.5 Å². The van der Waals surface area contributed by atoms with Crippen LogP contribution >= 0.6 is 0 Å². The lowest BCUT2D eigenvalue weighted by molar-refractivity contribution is 0.0416. The van der Waals surface area contributed by atoms with Crippen molar-refractivity contribution in [1.82, 2.24) is 19.6 Å². The Morgan fingerprint density at radius 3 is 2.68 bits per heavy atom. The Morgan fingerprint density at radius 2 is 1.84 bits per heavy atom. The fourth-order valence-electron chi connectivity index (χ4n) is 3.87. The average molecular weight is 527 g/mol. The molecule has 198 valence electrons. The Morgan fingerprint density at radius 1 is 1.03 bits per heavy atom. The molecule has 2 aromatic carbocycles. The number of aromatic nitrogens is 2. The smallest absolute Gasteiger partial charge is 0.242 e. The summed E-state index contributed by atoms with van der Waals surface area (Å²) in [6, 6.07) is 14.7. The predicted molar refractivity (Wildman–Crippen MR) is 143 cm³/mol. The van der Waals surface area contributed by atoms with Crippen molar-refractivity contribution in [2.45, 2.75) is 24.5 Å². The lowest BCUT2D eigenvalue weighted by Crippen LogP contribution is -2.30. The minimum atomic E-state index is -3.59. The topological polar surface area (TPSA) is 132 Å². The molecule has 0 amide bonds. The highest BCUT2D eigenvalue weighted by molar-refractivity contribution is 7.89. The number of ether oxygens (including phenoxy) is 2. The van der Waals surface area contributed by atoms with Crippen molar-refractivity contribution < 1.29 is 17.9 Å². The lowest BCUT2D eigenvalue weighted by atomic mass is 10.1. The summed E-state index contributed by atoms with van der Waals surface area (Å²) < 4.78 is 38.7. The largest absolute Gasteiger partial charge is 0.382 e. The highest BCUT2D eigenvalue weighted by Gasteiger charge is 2.20. The summed E-state index contributed by atoms with van der Waals surface area (Å²) in [6.45, 7) is 4.24. The van der Waals surface area contributed by atoms with Crippen LogP contribution in [0.4, 0.5) is 11.5 Å². The summed E-state index contributed by atoms with van der Waals surface area (Å²) in [6.07, 6.45) is 2.28. The maximum Gasteiger partial charge on any atom is 0.242 e. The first-order valence-corrected chi connectivity index (χ1v) is 13.7. The third-order valence-electron chi connectivity index (χ3n) is 6.01. The van der Waals surface area contributed by atoms with Gasteiger partial charge in [0.1, 0.15) is 11.5 Å². The number of nitrogens with zero attached hydrogens (tertiary/aromatic N) is 3. The quantitative estimate of drug-likeness (QED) is 0.378. The number of nitrogen functional groups attached to an aromatic ring is 1. The normalized spacial score (nSPS) is 18.3. The van der Waals surface area contributed by atoms with Gasteiger partial charge in [0.2, 0.25) is 10.0 Å². The zero-order chi connectivity index (χ0) is 26.1. The van der Waals surface area contributed by atoms with Crippen molar-refractivity contribution in [3.8, 4) is 11.3 Å². The van der Waals surface area contributed by atoms with E-state index in [1.165, 1.54) is 4.31 Å². The van der Waals surface area contributed by atoms with E-state index in [1.54, 1.807) is 37.5 Å². The van der Waals surface area contributed by atoms with Crippen LogP contribution in [0.5, 0.6) is 0 Å². The number of sulfonamides is 1. The molecule has 4 N–H and O–H groups in total. The molecule has 0 spiro atoms. The number of rotatable bonds is 0. The highest BCUT2D eigenvalue weighted by atomic mass is 32.2. The van der Waals surface area contributed by atoms with Crippen molar-refractivity contribution in [3.05, 3.63) is 66.0 Å². The van der Waals surface area contributed by atoms with Gasteiger partial charge < -0.3 is 25.8 Å². The monoisotopic (exact) mass is 526 g/mol. The number of anilines is 2. The summed E-state index contributed by atoms with van der Waals surface area (Å²) >= 11 is 0. The average Bonchev–Trinajstić information content (AvgIpc) is 2.91. The zero-order valence-corrected chi connectivity index (χ0v) is 21.8. The van der Waals surface area contributed by atoms with E-state index in [9.17, 15) is 8.42 Å². The van der Waals surface area contributed by atoms with Crippen molar-refractivity contribution in [3.63, 3.8) is 0 Å². The second kappa shape index (κ2) is 12.9. The van der Waals surface area contributed by atoms with Crippen LogP contribution in [0.25, 0.3) is 11.3 Å². The van der Waals surface area contributed by atoms with E-state index >= 15 is 0 Å². The molecular formula is C26H34N6O4S. The van der Waals surface area contributed by atoms with Gasteiger partial charge in [0.25, 0.3) is 0 Å². The molecule has 1 aromatic heterocycles. The zero-order valence-electron chi connectivity index (χ0n) is 21.0. The molecule has 0 atom stereocenters. The molecule has 11 heteroatoms. The first-order valence-electron chi connectivity index (χ1n) is 12.3. The molecule has 6 bridgehead atoms. The van der Waals surface area contributed by atoms with Crippen LogP contribution in [0.3, 0.4) is 0 Å². The summed E-state index contributed by atoms with van der Waals surface area (Å²) in [5, 5.41) is 6.62. The summed E-state index contributed by atoms with van der Waals surface area (Å²) in [7, 11) is -2.00. The molecule has 3 aromatic rings. The van der Waals surface area contributed by atoms with Gasteiger partial charge in [-0.25, -0.2) is 22.7 Å². The SMILES string of the molecule is CN1CCCNCCOCCOCc2cccc(c2)NCc2nc(cnc2N)-c2ccc(cc2)S1(=O)=O. The Balaban J connectivity index is 1.54. The molecule has 0 saturated carbocycles. The van der Waals surface area contributed by atoms with Crippen LogP contribution in [-0.2, 0) is 32.6 Å². The molecule has 37 heavy (non-hydrogen) atoms. The van der Waals surface area contributed by atoms with E-state index in [1.807, 2.05) is 24.3 Å². The highest BCUT2D eigenvalue weighted by Crippen LogP contribution is 2.23. The van der Waals surface area contributed by atoms with Gasteiger partial charge in [-0.15, -0.1) is 0 Å². The number of nitrogens with two attached hydrogens (primary N) is 1. The molecule has 5 rings (SSSR count). The summed E-state index contributed by atoms with van der Waals surface area (Å²) in [5.41, 5.74) is 10.0. The third kappa shape index (κ3) is 7.46. The lowest BCUT2D eigenvalue weighted by Gasteiger charge is -2.17. The molecule has 0 aliphatic carbocycles. The number of fused-ring (bicyclic) bond motifs is 15. The molecule has 10 nitrogen and oxygen atoms in total. The molecule has 0 radical (unpaired) electrons. The minimum absolute atomic E-state index is 0.234. The number of hydrogen-bond donors (Lipinski definition) is 3. The number of nitrogens with one attached hydrogen (secondary N) is 2. The first-order chi connectivity index (χ1) is 17.9. The second-order valence-electron chi connectivity index (χ2n) is 8.76. The fourth-order valence-corrected chi connectivity index (χ4v) is 5.08. The van der Waals surface area contributed by atoms with Crippen LogP contribution < -0.4 is 16.4 Å². The van der Waals surface area contributed by atoms with Crippen LogP contribution in [-0.4, -0.2) is 69.2 Å². The van der Waals surface area contributed by atoms with Gasteiger partial charge in [0, 0.05) is 31.4 Å². The Labute approximate surface area is 218 Å². The Kier molecular flexibility index (Phi) is 9.42. The standard InChI is InChI=1S/C26H34N6O4S/c1-32-12-3-10-28-11-13-35-14-15-36-19-20-4-2-5-22(16-20)29-18-25-26(27)30-17-24(31-25)21-6-8-23(9-7-21)37(32,33)34/h2,4-9,16-17,28-29H,3,10-15,18-19H2,1H3,(H2,27,30). The van der Waals surface area contributed by atoms with Crippen molar-refractivity contribution in [2.75, 3.05) is 57.6 Å². The van der Waals surface area contributed by atoms with E-state index in [0.29, 0.717) is 76.2 Å². The third-order valence-corrected chi connectivity index (χ3v) is 7.88. The minimum Gasteiger partial charge on any atom is -0.382 e. The molecule has 2 aliphatic rings. The molecular weight excluding hydrogens is 492 g/mol. The van der Waals surface area contributed by atoms with Crippen LogP contribution in [0, 0.1) is 0 Å². The van der Waals surface area contributed by atoms with Gasteiger partial charge in [-0.1, -0.05) is 24.3 Å². The summed E-state index contributed by atoms with van der Waals surface area (Å²) in [5.74, 6) is 0.336. The maximum absolute atomic E-state index is 13.0. The maximum atomic E-state index is 13.0. The predicted octanol–water partition coefficient (Wildman–Crippen LogP) is 2.48. The molecule has 0 unspecified atom stereocenters. The van der Waals surface area contributed by atoms with Crippen LogP contribution in [0.15, 0.2) is 59.6 Å². The Bertz CT molecular complexity index is 1270. The van der Waals surface area contributed by atoms with E-state index in [-0.39, 0.29) is 4.90 Å². The number of benzene rings is 2. The molecule has 3 heterocycles. The van der Waals surface area contributed by atoms with Crippen molar-refractivity contribution in [2.24, 2.45) is 0 Å². The van der Waals surface area contributed by atoms with E-state index < -0.39 is 10.0 Å². The van der Waals surface area contributed by atoms with Gasteiger partial charge in [0.05, 0.1) is 49.8 Å².